The Kier molecular flexibility index (Phi) is 7.40. The zero-order chi connectivity index (χ0) is 22.6. The number of esters is 1. The lowest BCUT2D eigenvalue weighted by atomic mass is 9.96. The quantitative estimate of drug-likeness (QED) is 0.359. The third-order valence-electron chi connectivity index (χ3n) is 5.13. The van der Waals surface area contributed by atoms with E-state index in [2.05, 4.69) is 0 Å². The van der Waals surface area contributed by atoms with Gasteiger partial charge in [-0.3, -0.25) is 24.0 Å². The van der Waals surface area contributed by atoms with Gasteiger partial charge in [0.25, 0.3) is 5.69 Å². The predicted octanol–water partition coefficient (Wildman–Crippen LogP) is 1.86. The highest BCUT2D eigenvalue weighted by molar-refractivity contribution is 7.92. The number of amides is 1. The number of hydrogen-bond acceptors (Lipinski definition) is 7. The Hall–Kier alpha value is -2.69. The smallest absolute Gasteiger partial charge is 0.309 e. The SMILES string of the molecule is CCOC(=O)C1CCN(C(=O)C(C)N(c2cc([N+](=O)[O-])ccc2C)S(C)(=O)=O)CC1. The van der Waals surface area contributed by atoms with Gasteiger partial charge in [0.1, 0.15) is 6.04 Å². The molecule has 30 heavy (non-hydrogen) atoms. The molecule has 166 valence electrons. The number of non-ortho nitro benzene ring substituents is 1. The number of piperidine rings is 1. The lowest BCUT2D eigenvalue weighted by Crippen LogP contribution is -2.52. The summed E-state index contributed by atoms with van der Waals surface area (Å²) in [5, 5.41) is 11.1. The van der Waals surface area contributed by atoms with Crippen LogP contribution in [0.1, 0.15) is 32.3 Å². The molecule has 1 fully saturated rings. The molecule has 1 aliphatic rings. The van der Waals surface area contributed by atoms with Gasteiger partial charge in [-0.05, 0) is 39.2 Å². The number of ether oxygens (including phenoxy) is 1. The fourth-order valence-electron chi connectivity index (χ4n) is 3.58. The average molecular weight is 442 g/mol. The van der Waals surface area contributed by atoms with Crippen LogP contribution in [0.3, 0.4) is 0 Å². The van der Waals surface area contributed by atoms with E-state index in [4.69, 9.17) is 4.74 Å². The van der Waals surface area contributed by atoms with Crippen molar-refractivity contribution in [2.24, 2.45) is 5.92 Å². The Balaban J connectivity index is 2.26. The first kappa shape index (κ1) is 23.6. The van der Waals surface area contributed by atoms with Crippen LogP contribution in [0.25, 0.3) is 0 Å². The summed E-state index contributed by atoms with van der Waals surface area (Å²) in [5.74, 6) is -0.995. The van der Waals surface area contributed by atoms with Crippen LogP contribution in [0.4, 0.5) is 11.4 Å². The number of carbonyl (C=O) groups excluding carboxylic acids is 2. The van der Waals surface area contributed by atoms with Gasteiger partial charge in [-0.1, -0.05) is 6.07 Å². The van der Waals surface area contributed by atoms with Gasteiger partial charge in [0.2, 0.25) is 15.9 Å². The number of nitro benzene ring substituents is 1. The second kappa shape index (κ2) is 9.41. The fraction of sp³-hybridized carbons (Fsp3) is 0.579. The largest absolute Gasteiger partial charge is 0.466 e. The van der Waals surface area contributed by atoms with Crippen LogP contribution >= 0.6 is 0 Å². The van der Waals surface area contributed by atoms with Crippen molar-refractivity contribution in [2.75, 3.05) is 30.3 Å². The summed E-state index contributed by atoms with van der Waals surface area (Å²) in [4.78, 5) is 37.0. The van der Waals surface area contributed by atoms with Crippen LogP contribution < -0.4 is 4.31 Å². The molecule has 1 aliphatic heterocycles. The van der Waals surface area contributed by atoms with Gasteiger partial charge in [-0.15, -0.1) is 0 Å². The van der Waals surface area contributed by atoms with E-state index in [9.17, 15) is 28.1 Å². The molecule has 1 unspecified atom stereocenters. The van der Waals surface area contributed by atoms with Gasteiger partial charge in [-0.25, -0.2) is 8.42 Å². The first-order valence-corrected chi connectivity index (χ1v) is 11.5. The number of likely N-dealkylation sites (tertiary alicyclic amines) is 1. The molecule has 1 saturated heterocycles. The zero-order valence-electron chi connectivity index (χ0n) is 17.5. The Morgan fingerprint density at radius 3 is 2.43 bits per heavy atom. The summed E-state index contributed by atoms with van der Waals surface area (Å²) in [7, 11) is -3.91. The van der Waals surface area contributed by atoms with Crippen LogP contribution in [0.15, 0.2) is 18.2 Å². The van der Waals surface area contributed by atoms with Crippen LogP contribution in [-0.4, -0.2) is 62.1 Å². The van der Waals surface area contributed by atoms with E-state index >= 15 is 0 Å². The number of sulfonamides is 1. The van der Waals surface area contributed by atoms with Crippen molar-refractivity contribution in [1.82, 2.24) is 4.90 Å². The van der Waals surface area contributed by atoms with Gasteiger partial charge >= 0.3 is 5.97 Å². The third-order valence-corrected chi connectivity index (χ3v) is 6.36. The molecule has 1 atom stereocenters. The maximum absolute atomic E-state index is 13.1. The summed E-state index contributed by atoms with van der Waals surface area (Å²) < 4.78 is 31.0. The topological polar surface area (TPSA) is 127 Å². The van der Waals surface area contributed by atoms with Crippen LogP contribution in [-0.2, 0) is 24.3 Å². The molecule has 0 aromatic heterocycles. The minimum atomic E-state index is -3.91. The average Bonchev–Trinajstić information content (AvgIpc) is 2.68. The number of hydrogen-bond donors (Lipinski definition) is 0. The molecule has 10 nitrogen and oxygen atoms in total. The molecule has 1 heterocycles. The lowest BCUT2D eigenvalue weighted by molar-refractivity contribution is -0.384. The molecule has 11 heteroatoms. The summed E-state index contributed by atoms with van der Waals surface area (Å²) in [6, 6.07) is 2.80. The summed E-state index contributed by atoms with van der Waals surface area (Å²) in [6.45, 7) is 5.71. The van der Waals surface area contributed by atoms with Crippen LogP contribution in [0, 0.1) is 23.0 Å². The molecular weight excluding hydrogens is 414 g/mol. The van der Waals surface area contributed by atoms with Crippen LogP contribution in [0.2, 0.25) is 0 Å². The maximum atomic E-state index is 13.1. The van der Waals surface area contributed by atoms with Crippen molar-refractivity contribution in [1.29, 1.82) is 0 Å². The first-order valence-electron chi connectivity index (χ1n) is 9.67. The Bertz CT molecular complexity index is 924. The van der Waals surface area contributed by atoms with Gasteiger partial charge in [0.15, 0.2) is 0 Å². The molecular formula is C19H27N3O7S. The monoisotopic (exact) mass is 441 g/mol. The Labute approximate surface area is 176 Å². The second-order valence-electron chi connectivity index (χ2n) is 7.31. The summed E-state index contributed by atoms with van der Waals surface area (Å²) in [5.41, 5.74) is 0.319. The van der Waals surface area contributed by atoms with E-state index in [1.54, 1.807) is 13.8 Å². The lowest BCUT2D eigenvalue weighted by Gasteiger charge is -2.36. The highest BCUT2D eigenvalue weighted by Gasteiger charge is 2.36. The molecule has 1 amide bonds. The van der Waals surface area contributed by atoms with Crippen molar-refractivity contribution in [3.05, 3.63) is 33.9 Å². The van der Waals surface area contributed by atoms with E-state index in [-0.39, 0.29) is 23.3 Å². The van der Waals surface area contributed by atoms with Crippen LogP contribution in [0.5, 0.6) is 0 Å². The van der Waals surface area contributed by atoms with Gasteiger partial charge in [0.05, 0.1) is 29.4 Å². The minimum Gasteiger partial charge on any atom is -0.466 e. The number of rotatable bonds is 7. The number of aryl methyl sites for hydroxylation is 1. The molecule has 1 aromatic rings. The maximum Gasteiger partial charge on any atom is 0.309 e. The van der Waals surface area contributed by atoms with E-state index in [0.717, 1.165) is 16.6 Å². The highest BCUT2D eigenvalue weighted by Crippen LogP contribution is 2.30. The summed E-state index contributed by atoms with van der Waals surface area (Å²) in [6.07, 6.45) is 1.83. The van der Waals surface area contributed by atoms with E-state index in [0.29, 0.717) is 38.1 Å². The molecule has 0 radical (unpaired) electrons. The molecule has 0 saturated carbocycles. The molecule has 0 spiro atoms. The van der Waals surface area contributed by atoms with Gasteiger partial charge in [-0.2, -0.15) is 0 Å². The molecule has 2 rings (SSSR count). The second-order valence-corrected chi connectivity index (χ2v) is 9.17. The molecule has 1 aromatic carbocycles. The normalized spacial score (nSPS) is 16.1. The molecule has 0 N–H and O–H groups in total. The summed E-state index contributed by atoms with van der Waals surface area (Å²) >= 11 is 0. The number of nitrogens with zero attached hydrogens (tertiary/aromatic N) is 3. The van der Waals surface area contributed by atoms with Gasteiger partial charge < -0.3 is 9.64 Å². The highest BCUT2D eigenvalue weighted by atomic mass is 32.2. The van der Waals surface area contributed by atoms with Gasteiger partial charge in [0, 0.05) is 25.2 Å². The van der Waals surface area contributed by atoms with E-state index in [1.807, 2.05) is 0 Å². The third kappa shape index (κ3) is 5.26. The first-order chi connectivity index (χ1) is 14.0. The van der Waals surface area contributed by atoms with Crippen molar-refractivity contribution < 1.29 is 27.7 Å². The molecule has 0 bridgehead atoms. The Morgan fingerprint density at radius 1 is 1.33 bits per heavy atom. The zero-order valence-corrected chi connectivity index (χ0v) is 18.3. The standard InChI is InChI=1S/C19H27N3O7S/c1-5-29-19(24)15-8-10-20(11-9-15)18(23)14(3)21(30(4,27)28)17-12-16(22(25)26)7-6-13(17)2/h6-7,12,14-15H,5,8-11H2,1-4H3. The van der Waals surface area contributed by atoms with E-state index in [1.165, 1.54) is 24.0 Å². The number of carbonyl (C=O) groups is 2. The molecule has 0 aliphatic carbocycles. The number of benzene rings is 1. The van der Waals surface area contributed by atoms with Crippen molar-refractivity contribution in [2.45, 2.75) is 39.7 Å². The number of nitro groups is 1. The minimum absolute atomic E-state index is 0.0916. The predicted molar refractivity (Wildman–Crippen MR) is 111 cm³/mol. The Morgan fingerprint density at radius 2 is 1.93 bits per heavy atom. The van der Waals surface area contributed by atoms with Crippen molar-refractivity contribution >= 4 is 33.3 Å². The number of anilines is 1. The van der Waals surface area contributed by atoms with Crippen molar-refractivity contribution in [3.8, 4) is 0 Å². The van der Waals surface area contributed by atoms with Crippen molar-refractivity contribution in [3.63, 3.8) is 0 Å². The fourth-order valence-corrected chi connectivity index (χ4v) is 4.80. The van der Waals surface area contributed by atoms with E-state index < -0.39 is 26.9 Å².